The normalized spacial score (nSPS) is 13.0. The molecule has 0 spiro atoms. The van der Waals surface area contributed by atoms with Crippen LogP contribution in [0.5, 0.6) is 5.75 Å². The Hall–Kier alpha value is -3.36. The number of nitrogens with one attached hydrogen (secondary N) is 1. The van der Waals surface area contributed by atoms with E-state index in [0.717, 1.165) is 40.7 Å². The Labute approximate surface area is 204 Å². The fourth-order valence-electron chi connectivity index (χ4n) is 4.37. The molecular formula is C25H22ClN3O4S. The second kappa shape index (κ2) is 9.12. The topological polar surface area (TPSA) is 82.3 Å². The van der Waals surface area contributed by atoms with Crippen molar-refractivity contribution < 1.29 is 9.53 Å². The molecule has 0 saturated heterocycles. The molecule has 0 saturated carbocycles. The van der Waals surface area contributed by atoms with Crippen LogP contribution in [0.15, 0.2) is 58.1 Å². The number of ether oxygens (including phenoxy) is 1. The van der Waals surface area contributed by atoms with E-state index in [9.17, 15) is 14.4 Å². The SMILES string of the molecule is COc1cccc(NC(=O)Cn2c(=O)n(-c3ccc(Cl)cc3)c(=O)c3c4c(sc32)CCCC4)c1. The highest BCUT2D eigenvalue weighted by atomic mass is 35.5. The summed E-state index contributed by atoms with van der Waals surface area (Å²) in [5.41, 5.74) is 1.07. The standard InChI is InChI=1S/C25H22ClN3O4S/c1-33-18-6-4-5-16(13-18)27-21(30)14-28-24-22(19-7-2-3-8-20(19)34-24)23(31)29(25(28)32)17-11-9-15(26)10-12-17/h4-6,9-13H,2-3,7-8,14H2,1H3,(H,27,30). The fourth-order valence-corrected chi connectivity index (χ4v) is 5.87. The molecule has 34 heavy (non-hydrogen) atoms. The van der Waals surface area contributed by atoms with E-state index in [2.05, 4.69) is 5.32 Å². The zero-order chi connectivity index (χ0) is 23.8. The number of rotatable bonds is 5. The molecule has 1 aliphatic carbocycles. The number of hydrogen-bond donors (Lipinski definition) is 1. The van der Waals surface area contributed by atoms with E-state index in [4.69, 9.17) is 16.3 Å². The molecule has 0 fully saturated rings. The number of aryl methyl sites for hydroxylation is 2. The molecule has 9 heteroatoms. The van der Waals surface area contributed by atoms with Crippen molar-refractivity contribution >= 4 is 44.7 Å². The first-order valence-corrected chi connectivity index (χ1v) is 12.2. The number of hydrogen-bond acceptors (Lipinski definition) is 5. The summed E-state index contributed by atoms with van der Waals surface area (Å²) < 4.78 is 7.76. The summed E-state index contributed by atoms with van der Waals surface area (Å²) in [6.45, 7) is -0.222. The minimum absolute atomic E-state index is 0.222. The highest BCUT2D eigenvalue weighted by Crippen LogP contribution is 2.34. The lowest BCUT2D eigenvalue weighted by atomic mass is 9.97. The van der Waals surface area contributed by atoms with Crippen LogP contribution in [0.25, 0.3) is 15.9 Å². The van der Waals surface area contributed by atoms with Crippen LogP contribution in [-0.4, -0.2) is 22.2 Å². The third kappa shape index (κ3) is 4.03. The summed E-state index contributed by atoms with van der Waals surface area (Å²) in [5.74, 6) is 0.240. The van der Waals surface area contributed by atoms with Gasteiger partial charge in [-0.1, -0.05) is 17.7 Å². The molecule has 0 bridgehead atoms. The molecule has 2 aromatic carbocycles. The van der Waals surface area contributed by atoms with Crippen molar-refractivity contribution in [1.29, 1.82) is 0 Å². The molecule has 0 unspecified atom stereocenters. The second-order valence-electron chi connectivity index (χ2n) is 8.16. The van der Waals surface area contributed by atoms with E-state index in [-0.39, 0.29) is 18.0 Å². The Morgan fingerprint density at radius 1 is 1.12 bits per heavy atom. The number of anilines is 1. The van der Waals surface area contributed by atoms with E-state index < -0.39 is 5.69 Å². The predicted octanol–water partition coefficient (Wildman–Crippen LogP) is 4.39. The van der Waals surface area contributed by atoms with Crippen LogP contribution in [0.1, 0.15) is 23.3 Å². The zero-order valence-electron chi connectivity index (χ0n) is 18.5. The number of methoxy groups -OCH3 is 1. The summed E-state index contributed by atoms with van der Waals surface area (Å²) in [6.07, 6.45) is 3.71. The molecule has 2 heterocycles. The van der Waals surface area contributed by atoms with Gasteiger partial charge in [0.25, 0.3) is 5.56 Å². The largest absolute Gasteiger partial charge is 0.497 e. The van der Waals surface area contributed by atoms with E-state index >= 15 is 0 Å². The van der Waals surface area contributed by atoms with Gasteiger partial charge < -0.3 is 10.1 Å². The summed E-state index contributed by atoms with van der Waals surface area (Å²) in [6, 6.07) is 13.5. The van der Waals surface area contributed by atoms with Gasteiger partial charge in [0.1, 0.15) is 17.1 Å². The zero-order valence-corrected chi connectivity index (χ0v) is 20.0. The molecule has 1 N–H and O–H groups in total. The van der Waals surface area contributed by atoms with Gasteiger partial charge in [-0.25, -0.2) is 9.36 Å². The molecule has 5 rings (SSSR count). The Morgan fingerprint density at radius 2 is 1.88 bits per heavy atom. The minimum atomic E-state index is -0.556. The number of fused-ring (bicyclic) bond motifs is 3. The lowest BCUT2D eigenvalue weighted by Gasteiger charge is -2.14. The number of benzene rings is 2. The van der Waals surface area contributed by atoms with Crippen LogP contribution in [0.3, 0.4) is 0 Å². The van der Waals surface area contributed by atoms with Crippen molar-refractivity contribution in [2.45, 2.75) is 32.2 Å². The number of thiophene rings is 1. The molecule has 0 radical (unpaired) electrons. The first kappa shape index (κ1) is 22.4. The van der Waals surface area contributed by atoms with Gasteiger partial charge in [0.05, 0.1) is 18.2 Å². The van der Waals surface area contributed by atoms with Gasteiger partial charge in [0, 0.05) is 21.7 Å². The number of carbonyl (C=O) groups excluding carboxylic acids is 1. The van der Waals surface area contributed by atoms with Crippen molar-refractivity contribution in [1.82, 2.24) is 9.13 Å². The Bertz CT molecular complexity index is 1520. The Kier molecular flexibility index (Phi) is 6.02. The van der Waals surface area contributed by atoms with E-state index in [1.54, 1.807) is 55.6 Å². The average molecular weight is 496 g/mol. The number of amides is 1. The van der Waals surface area contributed by atoms with Crippen LogP contribution < -0.4 is 21.3 Å². The van der Waals surface area contributed by atoms with E-state index in [1.165, 1.54) is 15.9 Å². The highest BCUT2D eigenvalue weighted by Gasteiger charge is 2.25. The lowest BCUT2D eigenvalue weighted by Crippen LogP contribution is -2.40. The second-order valence-corrected chi connectivity index (χ2v) is 9.68. The van der Waals surface area contributed by atoms with Crippen LogP contribution in [0.4, 0.5) is 5.69 Å². The summed E-state index contributed by atoms with van der Waals surface area (Å²) in [5, 5.41) is 3.86. The maximum atomic E-state index is 13.6. The predicted molar refractivity (Wildman–Crippen MR) is 135 cm³/mol. The van der Waals surface area contributed by atoms with Gasteiger partial charge in [-0.3, -0.25) is 14.2 Å². The summed E-state index contributed by atoms with van der Waals surface area (Å²) in [7, 11) is 1.55. The molecular weight excluding hydrogens is 474 g/mol. The van der Waals surface area contributed by atoms with Crippen LogP contribution >= 0.6 is 22.9 Å². The molecule has 2 aromatic heterocycles. The average Bonchev–Trinajstić information content (AvgIpc) is 3.23. The lowest BCUT2D eigenvalue weighted by molar-refractivity contribution is -0.116. The molecule has 1 aliphatic rings. The maximum absolute atomic E-state index is 13.6. The van der Waals surface area contributed by atoms with Gasteiger partial charge >= 0.3 is 5.69 Å². The monoisotopic (exact) mass is 495 g/mol. The first-order valence-electron chi connectivity index (χ1n) is 11.0. The number of aromatic nitrogens is 2. The third-order valence-corrected chi connectivity index (χ3v) is 7.54. The molecule has 174 valence electrons. The van der Waals surface area contributed by atoms with Crippen LogP contribution in [0.2, 0.25) is 5.02 Å². The Morgan fingerprint density at radius 3 is 2.65 bits per heavy atom. The van der Waals surface area contributed by atoms with Crippen molar-refractivity contribution in [3.63, 3.8) is 0 Å². The molecule has 4 aromatic rings. The Balaban J connectivity index is 1.64. The maximum Gasteiger partial charge on any atom is 0.337 e. The first-order chi connectivity index (χ1) is 16.5. The molecule has 7 nitrogen and oxygen atoms in total. The van der Waals surface area contributed by atoms with Crippen LogP contribution in [-0.2, 0) is 24.2 Å². The van der Waals surface area contributed by atoms with Crippen molar-refractivity contribution in [2.24, 2.45) is 0 Å². The van der Waals surface area contributed by atoms with Crippen molar-refractivity contribution in [3.05, 3.63) is 84.8 Å². The summed E-state index contributed by atoms with van der Waals surface area (Å²) >= 11 is 7.46. The summed E-state index contributed by atoms with van der Waals surface area (Å²) in [4.78, 5) is 41.8. The van der Waals surface area contributed by atoms with Gasteiger partial charge in [-0.2, -0.15) is 0 Å². The smallest absolute Gasteiger partial charge is 0.337 e. The molecule has 0 aliphatic heterocycles. The number of halogens is 1. The van der Waals surface area contributed by atoms with E-state index in [0.29, 0.717) is 32.4 Å². The van der Waals surface area contributed by atoms with Gasteiger partial charge in [0.15, 0.2) is 0 Å². The minimum Gasteiger partial charge on any atom is -0.497 e. The highest BCUT2D eigenvalue weighted by molar-refractivity contribution is 7.18. The van der Waals surface area contributed by atoms with Crippen molar-refractivity contribution in [3.8, 4) is 11.4 Å². The molecule has 0 atom stereocenters. The molecule has 1 amide bonds. The van der Waals surface area contributed by atoms with Crippen molar-refractivity contribution in [2.75, 3.05) is 12.4 Å². The quantitative estimate of drug-likeness (QED) is 0.445. The van der Waals surface area contributed by atoms with E-state index in [1.807, 2.05) is 0 Å². The van der Waals surface area contributed by atoms with Gasteiger partial charge in [-0.05, 0) is 67.6 Å². The third-order valence-electron chi connectivity index (χ3n) is 5.98. The van der Waals surface area contributed by atoms with Crippen LogP contribution in [0, 0.1) is 0 Å². The van der Waals surface area contributed by atoms with Gasteiger partial charge in [-0.15, -0.1) is 11.3 Å². The van der Waals surface area contributed by atoms with Gasteiger partial charge in [0.2, 0.25) is 5.91 Å². The number of carbonyl (C=O) groups is 1. The number of nitrogens with zero attached hydrogens (tertiary/aromatic N) is 2. The fraction of sp³-hybridized carbons (Fsp3) is 0.240.